The lowest BCUT2D eigenvalue weighted by Crippen LogP contribution is -2.35. The highest BCUT2D eigenvalue weighted by Gasteiger charge is 2.30. The number of para-hydroxylation sites is 1. The summed E-state index contributed by atoms with van der Waals surface area (Å²) in [5, 5.41) is 3.75. The summed E-state index contributed by atoms with van der Waals surface area (Å²) < 4.78 is 1.70. The molecule has 1 aliphatic carbocycles. The van der Waals surface area contributed by atoms with Crippen LogP contribution in [0.3, 0.4) is 0 Å². The van der Waals surface area contributed by atoms with Gasteiger partial charge in [0.05, 0.1) is 16.7 Å². The zero-order valence-electron chi connectivity index (χ0n) is 12.9. The minimum Gasteiger partial charge on any atom is -0.336 e. The van der Waals surface area contributed by atoms with Crippen LogP contribution in [0.1, 0.15) is 18.9 Å². The summed E-state index contributed by atoms with van der Waals surface area (Å²) in [4.78, 5) is 42.3. The maximum Gasteiger partial charge on any atom is 0.324 e. The van der Waals surface area contributed by atoms with Gasteiger partial charge >= 0.3 is 6.03 Å². The summed E-state index contributed by atoms with van der Waals surface area (Å²) in [6.07, 6.45) is 1.91. The van der Waals surface area contributed by atoms with Crippen molar-refractivity contribution in [1.82, 2.24) is 19.8 Å². The van der Waals surface area contributed by atoms with E-state index in [0.717, 1.165) is 12.8 Å². The Morgan fingerprint density at radius 3 is 2.79 bits per heavy atom. The Morgan fingerprint density at radius 1 is 1.29 bits per heavy atom. The van der Waals surface area contributed by atoms with Gasteiger partial charge in [0.25, 0.3) is 5.56 Å². The molecule has 1 aliphatic heterocycles. The molecule has 3 amide bonds. The standard InChI is InChI=1S/C16H16N4O3S/c21-13(19-8-7-17-15(19)23)9-24-16-18-12-4-2-1-3-11(12)14(22)20(16)10-5-6-10/h1-4,10H,5-9H2,(H,17,23). The highest BCUT2D eigenvalue weighted by atomic mass is 32.2. The average molecular weight is 344 g/mol. The molecule has 1 aromatic heterocycles. The fourth-order valence-corrected chi connectivity index (χ4v) is 3.74. The average Bonchev–Trinajstić information content (AvgIpc) is 3.33. The van der Waals surface area contributed by atoms with Gasteiger partial charge in [-0.1, -0.05) is 23.9 Å². The van der Waals surface area contributed by atoms with E-state index in [-0.39, 0.29) is 29.3 Å². The zero-order valence-corrected chi connectivity index (χ0v) is 13.7. The smallest absolute Gasteiger partial charge is 0.324 e. The first-order chi connectivity index (χ1) is 11.6. The van der Waals surface area contributed by atoms with Crippen LogP contribution in [0.4, 0.5) is 4.79 Å². The van der Waals surface area contributed by atoms with Gasteiger partial charge in [-0.25, -0.2) is 9.78 Å². The number of nitrogens with one attached hydrogen (secondary N) is 1. The predicted molar refractivity (Wildman–Crippen MR) is 90.1 cm³/mol. The van der Waals surface area contributed by atoms with Crippen molar-refractivity contribution in [2.75, 3.05) is 18.8 Å². The van der Waals surface area contributed by atoms with Gasteiger partial charge in [-0.15, -0.1) is 0 Å². The first-order valence-corrected chi connectivity index (χ1v) is 8.86. The second-order valence-corrected chi connectivity index (χ2v) is 6.83. The number of fused-ring (bicyclic) bond motifs is 1. The van der Waals surface area contributed by atoms with Crippen molar-refractivity contribution in [3.63, 3.8) is 0 Å². The monoisotopic (exact) mass is 344 g/mol. The molecule has 0 unspecified atom stereocenters. The molecule has 0 radical (unpaired) electrons. The van der Waals surface area contributed by atoms with E-state index < -0.39 is 0 Å². The van der Waals surface area contributed by atoms with Gasteiger partial charge in [0.15, 0.2) is 5.16 Å². The maximum absolute atomic E-state index is 12.7. The van der Waals surface area contributed by atoms with E-state index >= 15 is 0 Å². The van der Waals surface area contributed by atoms with Crippen molar-refractivity contribution in [1.29, 1.82) is 0 Å². The zero-order chi connectivity index (χ0) is 16.7. The number of hydrogen-bond donors (Lipinski definition) is 1. The number of aromatic nitrogens is 2. The molecule has 2 fully saturated rings. The summed E-state index contributed by atoms with van der Waals surface area (Å²) in [5.41, 5.74) is 0.574. The molecule has 1 aromatic carbocycles. The Labute approximate surface area is 142 Å². The molecule has 7 nitrogen and oxygen atoms in total. The minimum atomic E-state index is -0.355. The molecular weight excluding hydrogens is 328 g/mol. The number of carbonyl (C=O) groups is 2. The number of carbonyl (C=O) groups excluding carboxylic acids is 2. The summed E-state index contributed by atoms with van der Waals surface area (Å²) in [7, 11) is 0. The normalized spacial score (nSPS) is 17.3. The van der Waals surface area contributed by atoms with E-state index in [1.165, 1.54) is 16.7 Å². The number of hydrogen-bond acceptors (Lipinski definition) is 5. The van der Waals surface area contributed by atoms with Crippen LogP contribution in [0.2, 0.25) is 0 Å². The van der Waals surface area contributed by atoms with E-state index in [1.54, 1.807) is 16.7 Å². The van der Waals surface area contributed by atoms with Crippen LogP contribution in [0, 0.1) is 0 Å². The largest absolute Gasteiger partial charge is 0.336 e. The van der Waals surface area contributed by atoms with Gasteiger partial charge in [-0.3, -0.25) is 19.1 Å². The number of rotatable bonds is 4. The lowest BCUT2D eigenvalue weighted by molar-refractivity contribution is -0.124. The minimum absolute atomic E-state index is 0.0584. The number of thioether (sulfide) groups is 1. The van der Waals surface area contributed by atoms with Crippen molar-refractivity contribution >= 4 is 34.6 Å². The Hall–Kier alpha value is -2.35. The second-order valence-electron chi connectivity index (χ2n) is 5.88. The van der Waals surface area contributed by atoms with Crippen molar-refractivity contribution in [2.24, 2.45) is 0 Å². The summed E-state index contributed by atoms with van der Waals surface area (Å²) in [6.45, 7) is 0.870. The van der Waals surface area contributed by atoms with Crippen LogP contribution in [-0.2, 0) is 4.79 Å². The Bertz CT molecular complexity index is 891. The molecule has 2 aromatic rings. The van der Waals surface area contributed by atoms with Crippen molar-refractivity contribution in [3.05, 3.63) is 34.6 Å². The van der Waals surface area contributed by atoms with Gasteiger partial charge in [-0.2, -0.15) is 0 Å². The Balaban J connectivity index is 1.63. The fraction of sp³-hybridized carbons (Fsp3) is 0.375. The van der Waals surface area contributed by atoms with Crippen molar-refractivity contribution in [3.8, 4) is 0 Å². The topological polar surface area (TPSA) is 84.3 Å². The number of imide groups is 1. The molecular formula is C16H16N4O3S. The van der Waals surface area contributed by atoms with Gasteiger partial charge in [-0.05, 0) is 25.0 Å². The highest BCUT2D eigenvalue weighted by Crippen LogP contribution is 2.36. The number of urea groups is 1. The van der Waals surface area contributed by atoms with E-state index in [4.69, 9.17) is 0 Å². The van der Waals surface area contributed by atoms with E-state index in [0.29, 0.717) is 29.1 Å². The van der Waals surface area contributed by atoms with Crippen LogP contribution in [0.15, 0.2) is 34.2 Å². The molecule has 0 bridgehead atoms. The van der Waals surface area contributed by atoms with E-state index in [2.05, 4.69) is 10.3 Å². The van der Waals surface area contributed by atoms with Crippen LogP contribution >= 0.6 is 11.8 Å². The molecule has 1 saturated carbocycles. The molecule has 2 heterocycles. The van der Waals surface area contributed by atoms with Crippen LogP contribution < -0.4 is 10.9 Å². The molecule has 0 spiro atoms. The summed E-state index contributed by atoms with van der Waals surface area (Å²) in [5.74, 6) is -0.176. The number of benzene rings is 1. The van der Waals surface area contributed by atoms with Gasteiger partial charge in [0, 0.05) is 19.1 Å². The first-order valence-electron chi connectivity index (χ1n) is 7.87. The first kappa shape index (κ1) is 15.2. The van der Waals surface area contributed by atoms with Crippen molar-refractivity contribution < 1.29 is 9.59 Å². The highest BCUT2D eigenvalue weighted by molar-refractivity contribution is 7.99. The number of amides is 3. The Morgan fingerprint density at radius 2 is 2.08 bits per heavy atom. The number of nitrogens with zero attached hydrogens (tertiary/aromatic N) is 3. The third-order valence-corrected chi connectivity index (χ3v) is 5.11. The third kappa shape index (κ3) is 2.66. The van der Waals surface area contributed by atoms with Gasteiger partial charge in [0.1, 0.15) is 0 Å². The Kier molecular flexibility index (Phi) is 3.76. The molecule has 124 valence electrons. The molecule has 1 N–H and O–H groups in total. The molecule has 4 rings (SSSR count). The van der Waals surface area contributed by atoms with Crippen LogP contribution in [0.25, 0.3) is 10.9 Å². The van der Waals surface area contributed by atoms with Crippen LogP contribution in [0.5, 0.6) is 0 Å². The van der Waals surface area contributed by atoms with Crippen molar-refractivity contribution in [2.45, 2.75) is 24.0 Å². The molecule has 8 heteroatoms. The second kappa shape index (κ2) is 5.94. The maximum atomic E-state index is 12.7. The molecule has 1 saturated heterocycles. The van der Waals surface area contributed by atoms with Gasteiger partial charge < -0.3 is 5.32 Å². The van der Waals surface area contributed by atoms with Crippen LogP contribution in [-0.4, -0.2) is 45.2 Å². The summed E-state index contributed by atoms with van der Waals surface area (Å²) >= 11 is 1.22. The third-order valence-electron chi connectivity index (χ3n) is 4.17. The lowest BCUT2D eigenvalue weighted by atomic mass is 10.2. The molecule has 0 atom stereocenters. The quantitative estimate of drug-likeness (QED) is 0.669. The van der Waals surface area contributed by atoms with E-state index in [1.807, 2.05) is 12.1 Å². The van der Waals surface area contributed by atoms with E-state index in [9.17, 15) is 14.4 Å². The van der Waals surface area contributed by atoms with Gasteiger partial charge in [0.2, 0.25) is 5.91 Å². The summed E-state index contributed by atoms with van der Waals surface area (Å²) in [6, 6.07) is 7.05. The lowest BCUT2D eigenvalue weighted by Gasteiger charge is -2.14. The molecule has 24 heavy (non-hydrogen) atoms. The SMILES string of the molecule is O=C(CSc1nc2ccccc2c(=O)n1C1CC1)N1CCNC1=O. The molecule has 2 aliphatic rings. The fourth-order valence-electron chi connectivity index (χ4n) is 2.80. The predicted octanol–water partition coefficient (Wildman–Crippen LogP) is 1.38.